The zero-order valence-corrected chi connectivity index (χ0v) is 33.4. The number of ether oxygens (including phenoxy) is 1. The van der Waals surface area contributed by atoms with E-state index >= 15 is 0 Å². The number of benzene rings is 2. The van der Waals surface area contributed by atoms with Gasteiger partial charge in [0.05, 0.1) is 23.7 Å². The van der Waals surface area contributed by atoms with Crippen LogP contribution in [0.2, 0.25) is 0 Å². The Morgan fingerprint density at radius 2 is 1.73 bits per heavy atom. The number of pyridine rings is 1. The molecule has 2 fully saturated rings. The van der Waals surface area contributed by atoms with Crippen molar-refractivity contribution in [3.63, 3.8) is 0 Å². The molecule has 0 spiro atoms. The lowest BCUT2D eigenvalue weighted by atomic mass is 9.86. The van der Waals surface area contributed by atoms with Gasteiger partial charge in [0.15, 0.2) is 11.4 Å². The van der Waals surface area contributed by atoms with E-state index in [1.54, 1.807) is 41.2 Å². The molecule has 60 heavy (non-hydrogen) atoms. The van der Waals surface area contributed by atoms with Crippen LogP contribution >= 0.6 is 0 Å². The number of halogens is 2. The molecular weight excluding hydrogens is 771 g/mol. The van der Waals surface area contributed by atoms with Gasteiger partial charge in [-0.05, 0) is 124 Å². The number of nitrogens with zero attached hydrogens (tertiary/aromatic N) is 4. The monoisotopic (exact) mass is 820 g/mol. The van der Waals surface area contributed by atoms with E-state index in [9.17, 15) is 23.2 Å². The van der Waals surface area contributed by atoms with Crippen molar-refractivity contribution in [1.82, 2.24) is 30.4 Å². The first-order chi connectivity index (χ1) is 29.3. The zero-order valence-electron chi connectivity index (χ0n) is 33.4. The third-order valence-corrected chi connectivity index (χ3v) is 11.5. The van der Waals surface area contributed by atoms with Crippen molar-refractivity contribution in [1.29, 1.82) is 0 Å². The fraction of sp³-hybridized carbons (Fsp3) is 0.422. The minimum Gasteiger partial charge on any atom is -0.457 e. The number of carbonyl (C=O) groups is 3. The van der Waals surface area contributed by atoms with Gasteiger partial charge in [-0.1, -0.05) is 37.1 Å². The highest BCUT2D eigenvalue weighted by molar-refractivity contribution is 6.11. The molecule has 8 rings (SSSR count). The molecule has 0 unspecified atom stereocenters. The second-order valence-electron chi connectivity index (χ2n) is 16.1. The van der Waals surface area contributed by atoms with E-state index < -0.39 is 23.9 Å². The molecule has 3 aromatic heterocycles. The highest BCUT2D eigenvalue weighted by atomic mass is 19.3. The van der Waals surface area contributed by atoms with Crippen molar-refractivity contribution >= 4 is 29.2 Å². The molecule has 0 atom stereocenters. The minimum atomic E-state index is -2.85. The normalized spacial score (nSPS) is 17.6. The molecule has 2 aromatic carbocycles. The van der Waals surface area contributed by atoms with Crippen molar-refractivity contribution in [2.75, 3.05) is 30.3 Å². The molecule has 0 bridgehead atoms. The number of nitrogens with one attached hydrogen (secondary N) is 4. The molecule has 2 aliphatic carbocycles. The Morgan fingerprint density at radius 3 is 2.53 bits per heavy atom. The van der Waals surface area contributed by atoms with E-state index in [2.05, 4.69) is 48.5 Å². The summed E-state index contributed by atoms with van der Waals surface area (Å²) >= 11 is 0. The highest BCUT2D eigenvalue weighted by Crippen LogP contribution is 2.35. The number of amides is 3. The van der Waals surface area contributed by atoms with Crippen LogP contribution in [0.3, 0.4) is 0 Å². The van der Waals surface area contributed by atoms with Gasteiger partial charge in [-0.3, -0.25) is 24.4 Å². The number of alkyl halides is 2. The molecular formula is C45H50F2N8O5. The number of unbranched alkanes of at least 4 members (excludes halogenated alkanes) is 3. The van der Waals surface area contributed by atoms with Gasteiger partial charge in [0, 0.05) is 24.5 Å². The van der Waals surface area contributed by atoms with Crippen LogP contribution in [-0.2, 0) is 17.6 Å². The van der Waals surface area contributed by atoms with E-state index in [0.717, 1.165) is 77.4 Å². The zero-order chi connectivity index (χ0) is 41.4. The first-order valence-electron chi connectivity index (χ1n) is 21.0. The summed E-state index contributed by atoms with van der Waals surface area (Å²) < 4.78 is 41.3. The van der Waals surface area contributed by atoms with Crippen LogP contribution in [0.5, 0.6) is 11.5 Å². The predicted octanol–water partition coefficient (Wildman–Crippen LogP) is 8.67. The molecule has 4 N–H and O–H groups in total. The van der Waals surface area contributed by atoms with Gasteiger partial charge >= 0.3 is 0 Å². The van der Waals surface area contributed by atoms with Crippen LogP contribution in [0.15, 0.2) is 77.7 Å². The Balaban J connectivity index is 0.718. The fourth-order valence-corrected chi connectivity index (χ4v) is 7.95. The molecule has 1 aliphatic heterocycles. The average molecular weight is 821 g/mol. The Morgan fingerprint density at radius 1 is 0.950 bits per heavy atom. The number of hydrogen-bond donors (Lipinski definition) is 4. The largest absolute Gasteiger partial charge is 0.457 e. The number of aryl methyl sites for hydroxylation is 1. The number of hydrogen-bond acceptors (Lipinski definition) is 10. The van der Waals surface area contributed by atoms with Crippen molar-refractivity contribution in [3.8, 4) is 23.0 Å². The topological polar surface area (TPSA) is 165 Å². The summed E-state index contributed by atoms with van der Waals surface area (Å²) in [5, 5.41) is 16.1. The maximum atomic E-state index is 14.1. The molecule has 3 aliphatic rings. The van der Waals surface area contributed by atoms with E-state index in [-0.39, 0.29) is 35.6 Å². The molecule has 2 saturated carbocycles. The smallest absolute Gasteiger partial charge is 0.284 e. The lowest BCUT2D eigenvalue weighted by Crippen LogP contribution is -2.37. The first kappa shape index (κ1) is 40.8. The fourth-order valence-electron chi connectivity index (χ4n) is 7.95. The quantitative estimate of drug-likeness (QED) is 0.0468. The van der Waals surface area contributed by atoms with Crippen LogP contribution in [0, 0.1) is 11.8 Å². The number of carbonyl (C=O) groups excluding carboxylic acids is 3. The maximum absolute atomic E-state index is 14.1. The molecule has 15 heteroatoms. The molecule has 314 valence electrons. The van der Waals surface area contributed by atoms with E-state index in [1.165, 1.54) is 30.9 Å². The van der Waals surface area contributed by atoms with Gasteiger partial charge in [0.25, 0.3) is 18.2 Å². The molecule has 13 nitrogen and oxygen atoms in total. The van der Waals surface area contributed by atoms with Crippen molar-refractivity contribution in [3.05, 3.63) is 101 Å². The van der Waals surface area contributed by atoms with Gasteiger partial charge < -0.3 is 25.1 Å². The lowest BCUT2D eigenvalue weighted by Gasteiger charge is -2.29. The SMILES string of the molecule is O=C1Cc2cccc(Oc3ccc(CCCCCCNCC4CCC(n5cc(NC(=O)c6coc(-c7ccnc(NCC8CC8)c7)n6)c(C(F)F)n5)CC4)cc3)c2C(=O)N1. The van der Waals surface area contributed by atoms with Crippen LogP contribution in [0.4, 0.5) is 20.3 Å². The Bertz CT molecular complexity index is 2280. The average Bonchev–Trinajstić information content (AvgIpc) is 3.76. The second kappa shape index (κ2) is 19.0. The summed E-state index contributed by atoms with van der Waals surface area (Å²) in [5.74, 6) is 1.81. The molecule has 4 heterocycles. The Hall–Kier alpha value is -5.96. The maximum Gasteiger partial charge on any atom is 0.284 e. The second-order valence-corrected chi connectivity index (χ2v) is 16.1. The third-order valence-electron chi connectivity index (χ3n) is 11.5. The number of oxazole rings is 1. The highest BCUT2D eigenvalue weighted by Gasteiger charge is 2.29. The van der Waals surface area contributed by atoms with Crippen molar-refractivity contribution in [2.24, 2.45) is 11.8 Å². The lowest BCUT2D eigenvalue weighted by molar-refractivity contribution is -0.119. The standard InChI is InChI=1S/C45H50F2N8O5/c46-42(47)41-35(51-43(57)36-27-59-45(52-36)32-19-21-49-38(22-32)50-25-30-9-10-30)26-55(54-41)33-15-11-29(12-16-33)24-48-20-4-2-1-3-6-28-13-17-34(18-14-28)60-37-8-5-7-31-23-39(56)53-44(58)40(31)37/h5,7-8,13-14,17-19,21-22,26-27,29-30,33,42,48H,1-4,6,9-12,15-16,20,23-25H2,(H,49,50)(H,51,57)(H,53,56,58). The summed E-state index contributed by atoms with van der Waals surface area (Å²) in [4.78, 5) is 45.9. The third kappa shape index (κ3) is 10.4. The molecule has 3 amide bonds. The minimum absolute atomic E-state index is 0.0212. The molecule has 0 radical (unpaired) electrons. The Kier molecular flexibility index (Phi) is 12.9. The number of imide groups is 1. The summed E-state index contributed by atoms with van der Waals surface area (Å²) in [6.07, 6.45) is 13.1. The van der Waals surface area contributed by atoms with E-state index in [1.807, 2.05) is 12.1 Å². The molecule has 0 saturated heterocycles. The summed E-state index contributed by atoms with van der Waals surface area (Å²) in [6.45, 7) is 2.73. The van der Waals surface area contributed by atoms with Crippen LogP contribution < -0.4 is 26.0 Å². The number of fused-ring (bicyclic) bond motifs is 1. The predicted molar refractivity (Wildman–Crippen MR) is 221 cm³/mol. The number of rotatable bonds is 19. The van der Waals surface area contributed by atoms with Crippen molar-refractivity contribution < 1.29 is 32.3 Å². The van der Waals surface area contributed by atoms with Gasteiger partial charge in [-0.15, -0.1) is 0 Å². The number of aromatic nitrogens is 4. The van der Waals surface area contributed by atoms with Gasteiger partial charge in [-0.25, -0.2) is 18.7 Å². The first-order valence-corrected chi connectivity index (χ1v) is 21.0. The van der Waals surface area contributed by atoms with Crippen LogP contribution in [0.25, 0.3) is 11.5 Å². The van der Waals surface area contributed by atoms with Gasteiger partial charge in [0.2, 0.25) is 11.8 Å². The summed E-state index contributed by atoms with van der Waals surface area (Å²) in [6, 6.07) is 16.7. The van der Waals surface area contributed by atoms with E-state index in [0.29, 0.717) is 45.8 Å². The van der Waals surface area contributed by atoms with Crippen LogP contribution in [-0.4, -0.2) is 57.1 Å². The number of anilines is 2. The molecule has 5 aromatic rings. The van der Waals surface area contributed by atoms with E-state index in [4.69, 9.17) is 9.15 Å². The summed E-state index contributed by atoms with van der Waals surface area (Å²) in [5.41, 5.74) is 2.45. The summed E-state index contributed by atoms with van der Waals surface area (Å²) in [7, 11) is 0. The van der Waals surface area contributed by atoms with Crippen molar-refractivity contribution in [2.45, 2.75) is 89.5 Å². The van der Waals surface area contributed by atoms with Gasteiger partial charge in [0.1, 0.15) is 23.6 Å². The van der Waals surface area contributed by atoms with Crippen LogP contribution in [0.1, 0.15) is 114 Å². The van der Waals surface area contributed by atoms with Gasteiger partial charge in [-0.2, -0.15) is 5.10 Å². The Labute approximate surface area is 347 Å².